The minimum Gasteiger partial charge on any atom is -0.342 e. The number of anilines is 1. The highest BCUT2D eigenvalue weighted by atomic mass is 16.2. The number of aryl methyl sites for hydroxylation is 2. The van der Waals surface area contributed by atoms with E-state index in [1.807, 2.05) is 13.0 Å². The lowest BCUT2D eigenvalue weighted by Gasteiger charge is -2.07. The lowest BCUT2D eigenvalue weighted by Crippen LogP contribution is -2.34. The molecule has 0 atom stereocenters. The van der Waals surface area contributed by atoms with Gasteiger partial charge in [0.25, 0.3) is 5.91 Å². The van der Waals surface area contributed by atoms with Gasteiger partial charge in [-0.2, -0.15) is 5.10 Å². The van der Waals surface area contributed by atoms with Gasteiger partial charge in [-0.3, -0.25) is 14.3 Å². The van der Waals surface area contributed by atoms with Crippen molar-refractivity contribution in [3.8, 4) is 0 Å². The third kappa shape index (κ3) is 3.41. The highest BCUT2D eigenvalue weighted by Crippen LogP contribution is 2.04. The van der Waals surface area contributed by atoms with Crippen LogP contribution in [0.15, 0.2) is 30.6 Å². The molecule has 0 aliphatic rings. The van der Waals surface area contributed by atoms with Crippen molar-refractivity contribution in [2.75, 3.05) is 11.9 Å². The van der Waals surface area contributed by atoms with Gasteiger partial charge in [-0.25, -0.2) is 4.98 Å². The molecule has 104 valence electrons. The molecular formula is C13H15N5O2. The van der Waals surface area contributed by atoms with Crippen molar-refractivity contribution in [3.05, 3.63) is 41.9 Å². The van der Waals surface area contributed by atoms with Crippen LogP contribution in [0.4, 0.5) is 5.82 Å². The molecule has 2 aromatic rings. The molecule has 0 aromatic carbocycles. The van der Waals surface area contributed by atoms with Gasteiger partial charge in [-0.05, 0) is 30.7 Å². The Morgan fingerprint density at radius 1 is 1.30 bits per heavy atom. The van der Waals surface area contributed by atoms with Crippen molar-refractivity contribution in [1.82, 2.24) is 20.1 Å². The number of hydrogen-bond donors (Lipinski definition) is 2. The molecule has 0 radical (unpaired) electrons. The minimum absolute atomic E-state index is 0.125. The molecule has 2 N–H and O–H groups in total. The monoisotopic (exact) mass is 273 g/mol. The van der Waals surface area contributed by atoms with Crippen LogP contribution in [0.5, 0.6) is 0 Å². The first-order valence-electron chi connectivity index (χ1n) is 6.05. The summed E-state index contributed by atoms with van der Waals surface area (Å²) in [6.07, 6.45) is 3.13. The van der Waals surface area contributed by atoms with Crippen molar-refractivity contribution >= 4 is 17.6 Å². The number of aromatic nitrogens is 3. The Morgan fingerprint density at radius 3 is 2.75 bits per heavy atom. The third-order valence-corrected chi connectivity index (χ3v) is 2.65. The van der Waals surface area contributed by atoms with Gasteiger partial charge >= 0.3 is 0 Å². The lowest BCUT2D eigenvalue weighted by molar-refractivity contribution is -0.115. The first-order valence-corrected chi connectivity index (χ1v) is 6.05. The molecule has 2 amide bonds. The molecule has 0 fully saturated rings. The Morgan fingerprint density at radius 2 is 2.10 bits per heavy atom. The Hall–Kier alpha value is -2.70. The Balaban J connectivity index is 1.87. The molecule has 0 spiro atoms. The van der Waals surface area contributed by atoms with Crippen LogP contribution in [0.2, 0.25) is 0 Å². The van der Waals surface area contributed by atoms with Crippen molar-refractivity contribution in [2.45, 2.75) is 6.92 Å². The van der Waals surface area contributed by atoms with E-state index in [1.54, 1.807) is 25.4 Å². The van der Waals surface area contributed by atoms with E-state index in [0.717, 1.165) is 5.56 Å². The average Bonchev–Trinajstić information content (AvgIpc) is 2.82. The van der Waals surface area contributed by atoms with Crippen LogP contribution >= 0.6 is 0 Å². The number of amides is 2. The van der Waals surface area contributed by atoms with Crippen LogP contribution in [0.25, 0.3) is 0 Å². The largest absolute Gasteiger partial charge is 0.342 e. The first kappa shape index (κ1) is 13.7. The lowest BCUT2D eigenvalue weighted by atomic mass is 10.3. The maximum Gasteiger partial charge on any atom is 0.269 e. The fourth-order valence-corrected chi connectivity index (χ4v) is 1.64. The van der Waals surface area contributed by atoms with Gasteiger partial charge in [0.05, 0.1) is 6.54 Å². The molecule has 0 bridgehead atoms. The summed E-state index contributed by atoms with van der Waals surface area (Å²) in [5.41, 5.74) is 1.39. The van der Waals surface area contributed by atoms with Crippen LogP contribution in [0.1, 0.15) is 16.1 Å². The number of nitrogens with one attached hydrogen (secondary N) is 2. The Kier molecular flexibility index (Phi) is 4.09. The SMILES string of the molecule is Cc1ccnc(NC(=O)CNC(=O)c2ccnn2C)c1. The van der Waals surface area contributed by atoms with E-state index in [9.17, 15) is 9.59 Å². The molecule has 0 unspecified atom stereocenters. The summed E-state index contributed by atoms with van der Waals surface area (Å²) in [5.74, 6) is -0.222. The fourth-order valence-electron chi connectivity index (χ4n) is 1.64. The predicted molar refractivity (Wildman–Crippen MR) is 73.1 cm³/mol. The predicted octanol–water partition coefficient (Wildman–Crippen LogP) is 0.492. The number of nitrogens with zero attached hydrogens (tertiary/aromatic N) is 3. The smallest absolute Gasteiger partial charge is 0.269 e. The number of rotatable bonds is 4. The summed E-state index contributed by atoms with van der Waals surface area (Å²) >= 11 is 0. The zero-order chi connectivity index (χ0) is 14.5. The highest BCUT2D eigenvalue weighted by Gasteiger charge is 2.11. The van der Waals surface area contributed by atoms with Crippen LogP contribution in [-0.4, -0.2) is 33.1 Å². The van der Waals surface area contributed by atoms with Gasteiger partial charge in [-0.1, -0.05) is 0 Å². The molecule has 7 nitrogen and oxygen atoms in total. The normalized spacial score (nSPS) is 10.1. The first-order chi connectivity index (χ1) is 9.56. The van der Waals surface area contributed by atoms with Gasteiger partial charge < -0.3 is 10.6 Å². The van der Waals surface area contributed by atoms with Crippen LogP contribution < -0.4 is 10.6 Å². The summed E-state index contributed by atoms with van der Waals surface area (Å²) in [7, 11) is 1.66. The van der Waals surface area contributed by atoms with E-state index < -0.39 is 0 Å². The molecule has 0 aliphatic heterocycles. The maximum atomic E-state index is 11.8. The Bertz CT molecular complexity index is 635. The topological polar surface area (TPSA) is 88.9 Å². The van der Waals surface area contributed by atoms with Crippen molar-refractivity contribution in [2.24, 2.45) is 7.05 Å². The molecule has 0 aliphatic carbocycles. The fraction of sp³-hybridized carbons (Fsp3) is 0.231. The van der Waals surface area contributed by atoms with E-state index in [0.29, 0.717) is 11.5 Å². The average molecular weight is 273 g/mol. The van der Waals surface area contributed by atoms with Gasteiger partial charge in [0.15, 0.2) is 0 Å². The van der Waals surface area contributed by atoms with E-state index in [4.69, 9.17) is 0 Å². The minimum atomic E-state index is -0.350. The van der Waals surface area contributed by atoms with Gasteiger partial charge in [0, 0.05) is 19.4 Å². The Labute approximate surface area is 116 Å². The molecule has 0 saturated heterocycles. The zero-order valence-corrected chi connectivity index (χ0v) is 11.3. The second kappa shape index (κ2) is 5.96. The summed E-state index contributed by atoms with van der Waals surface area (Å²) in [6.45, 7) is 1.78. The number of carbonyl (C=O) groups is 2. The van der Waals surface area contributed by atoms with Crippen LogP contribution in [0, 0.1) is 6.92 Å². The van der Waals surface area contributed by atoms with E-state index >= 15 is 0 Å². The van der Waals surface area contributed by atoms with Gasteiger partial charge in [0.2, 0.25) is 5.91 Å². The maximum absolute atomic E-state index is 11.8. The van der Waals surface area contributed by atoms with E-state index in [-0.39, 0.29) is 18.4 Å². The summed E-state index contributed by atoms with van der Waals surface area (Å²) in [4.78, 5) is 27.5. The van der Waals surface area contributed by atoms with Crippen molar-refractivity contribution in [3.63, 3.8) is 0 Å². The van der Waals surface area contributed by atoms with Gasteiger partial charge in [0.1, 0.15) is 11.5 Å². The third-order valence-electron chi connectivity index (χ3n) is 2.65. The molecule has 20 heavy (non-hydrogen) atoms. The quantitative estimate of drug-likeness (QED) is 0.848. The van der Waals surface area contributed by atoms with E-state index in [2.05, 4.69) is 20.7 Å². The summed E-state index contributed by atoms with van der Waals surface area (Å²) < 4.78 is 1.44. The van der Waals surface area contributed by atoms with E-state index in [1.165, 1.54) is 10.9 Å². The number of carbonyl (C=O) groups excluding carboxylic acids is 2. The summed E-state index contributed by atoms with van der Waals surface area (Å²) in [6, 6.07) is 5.16. The zero-order valence-electron chi connectivity index (χ0n) is 11.3. The van der Waals surface area contributed by atoms with Crippen molar-refractivity contribution in [1.29, 1.82) is 0 Å². The van der Waals surface area contributed by atoms with Gasteiger partial charge in [-0.15, -0.1) is 0 Å². The number of hydrogen-bond acceptors (Lipinski definition) is 4. The molecular weight excluding hydrogens is 258 g/mol. The molecule has 7 heteroatoms. The molecule has 2 rings (SSSR count). The number of pyridine rings is 1. The second-order valence-electron chi connectivity index (χ2n) is 4.29. The van der Waals surface area contributed by atoms with Crippen LogP contribution in [0.3, 0.4) is 0 Å². The standard InChI is InChI=1S/C13H15N5O2/c1-9-3-5-14-11(7-9)17-12(19)8-15-13(20)10-4-6-16-18(10)2/h3-7H,8H2,1-2H3,(H,15,20)(H,14,17,19). The second-order valence-corrected chi connectivity index (χ2v) is 4.29. The molecule has 2 heterocycles. The van der Waals surface area contributed by atoms with Crippen LogP contribution in [-0.2, 0) is 11.8 Å². The molecule has 0 saturated carbocycles. The summed E-state index contributed by atoms with van der Waals surface area (Å²) in [5, 5.41) is 9.02. The molecule has 2 aromatic heterocycles. The highest BCUT2D eigenvalue weighted by molar-refractivity contribution is 5.98. The van der Waals surface area contributed by atoms with Crippen molar-refractivity contribution < 1.29 is 9.59 Å².